The van der Waals surface area contributed by atoms with Crippen LogP contribution < -0.4 is 10.0 Å². The Bertz CT molecular complexity index is 1760. The molecular formula is C28H22F3N5O2S. The van der Waals surface area contributed by atoms with E-state index < -0.39 is 21.8 Å². The van der Waals surface area contributed by atoms with E-state index in [-0.39, 0.29) is 22.9 Å². The van der Waals surface area contributed by atoms with Crippen molar-refractivity contribution in [1.29, 1.82) is 0 Å². The summed E-state index contributed by atoms with van der Waals surface area (Å²) in [5.74, 6) is 0.270. The van der Waals surface area contributed by atoms with E-state index in [0.717, 1.165) is 17.7 Å². The third-order valence-electron chi connectivity index (χ3n) is 6.08. The van der Waals surface area contributed by atoms with Gasteiger partial charge in [0.15, 0.2) is 5.82 Å². The van der Waals surface area contributed by atoms with Gasteiger partial charge >= 0.3 is 6.18 Å². The van der Waals surface area contributed by atoms with Crippen LogP contribution in [0.2, 0.25) is 0 Å². The monoisotopic (exact) mass is 549 g/mol. The van der Waals surface area contributed by atoms with Gasteiger partial charge in [-0.2, -0.15) is 13.2 Å². The molecule has 0 saturated carbocycles. The van der Waals surface area contributed by atoms with Crippen molar-refractivity contribution < 1.29 is 21.6 Å². The van der Waals surface area contributed by atoms with Crippen molar-refractivity contribution in [3.05, 3.63) is 108 Å². The summed E-state index contributed by atoms with van der Waals surface area (Å²) in [5, 5.41) is 12.8. The Kier molecular flexibility index (Phi) is 7.02. The van der Waals surface area contributed by atoms with Crippen LogP contribution in [-0.2, 0) is 22.7 Å². The Morgan fingerprint density at radius 3 is 2.41 bits per heavy atom. The molecule has 0 aliphatic carbocycles. The second kappa shape index (κ2) is 10.4. The molecule has 5 aromatic rings. The highest BCUT2D eigenvalue weighted by Gasteiger charge is 2.30. The number of rotatable bonds is 7. The first-order valence-electron chi connectivity index (χ1n) is 11.8. The maximum Gasteiger partial charge on any atom is 0.416 e. The highest BCUT2D eigenvalue weighted by molar-refractivity contribution is 7.89. The number of halogens is 3. The third-order valence-corrected chi connectivity index (χ3v) is 7.62. The van der Waals surface area contributed by atoms with Crippen LogP contribution in [0.3, 0.4) is 0 Å². The number of nitrogens with zero attached hydrogens (tertiary/aromatic N) is 3. The minimum absolute atomic E-state index is 0.0818. The van der Waals surface area contributed by atoms with E-state index in [9.17, 15) is 21.6 Å². The SMILES string of the molecule is Cc1ccc(-c2nnc(Nc3cccc(C(F)(F)F)c3)c3ccccc23)cc1S(=O)(=O)NCc1cccnc1. The molecule has 0 bridgehead atoms. The molecule has 0 aliphatic heterocycles. The minimum Gasteiger partial charge on any atom is -0.338 e. The second-order valence-corrected chi connectivity index (χ2v) is 10.5. The molecule has 0 aliphatic rings. The van der Waals surface area contributed by atoms with Gasteiger partial charge in [-0.3, -0.25) is 4.98 Å². The van der Waals surface area contributed by atoms with Gasteiger partial charge < -0.3 is 5.32 Å². The summed E-state index contributed by atoms with van der Waals surface area (Å²) in [4.78, 5) is 4.10. The van der Waals surface area contributed by atoms with Gasteiger partial charge in [-0.05, 0) is 48.4 Å². The van der Waals surface area contributed by atoms with Crippen molar-refractivity contribution in [1.82, 2.24) is 19.9 Å². The summed E-state index contributed by atoms with van der Waals surface area (Å²) in [6.07, 6.45) is -1.29. The van der Waals surface area contributed by atoms with Gasteiger partial charge in [-0.25, -0.2) is 13.1 Å². The summed E-state index contributed by atoms with van der Waals surface area (Å²) >= 11 is 0. The van der Waals surface area contributed by atoms with Crippen molar-refractivity contribution in [3.8, 4) is 11.3 Å². The smallest absolute Gasteiger partial charge is 0.338 e. The maximum absolute atomic E-state index is 13.2. The highest BCUT2D eigenvalue weighted by atomic mass is 32.2. The van der Waals surface area contributed by atoms with Gasteiger partial charge in [0.25, 0.3) is 0 Å². The zero-order valence-corrected chi connectivity index (χ0v) is 21.4. The van der Waals surface area contributed by atoms with Crippen LogP contribution in [0.4, 0.5) is 24.7 Å². The van der Waals surface area contributed by atoms with E-state index in [1.807, 2.05) is 0 Å². The molecule has 0 amide bonds. The summed E-state index contributed by atoms with van der Waals surface area (Å²) in [7, 11) is -3.87. The van der Waals surface area contributed by atoms with Gasteiger partial charge in [0, 0.05) is 41.0 Å². The van der Waals surface area contributed by atoms with Crippen molar-refractivity contribution in [2.45, 2.75) is 24.5 Å². The number of hydrogen-bond acceptors (Lipinski definition) is 6. The van der Waals surface area contributed by atoms with Crippen LogP contribution in [0.1, 0.15) is 16.7 Å². The molecule has 11 heteroatoms. The predicted molar refractivity (Wildman–Crippen MR) is 143 cm³/mol. The zero-order chi connectivity index (χ0) is 27.6. The lowest BCUT2D eigenvalue weighted by Crippen LogP contribution is -2.24. The standard InChI is InChI=1S/C28H22F3N5O2S/c1-18-11-12-20(14-25(18)39(37,38)33-17-19-6-5-13-32-16-19)26-23-9-2-3-10-24(23)27(36-35-26)34-22-8-4-7-21(15-22)28(29,30)31/h2-16,33H,17H2,1H3,(H,34,36). The molecule has 3 aromatic carbocycles. The van der Waals surface area contributed by atoms with Crippen LogP contribution in [0.25, 0.3) is 22.0 Å². The molecule has 0 spiro atoms. The first kappa shape index (κ1) is 26.3. The predicted octanol–water partition coefficient (Wildman–Crippen LogP) is 6.24. The quantitative estimate of drug-likeness (QED) is 0.249. The lowest BCUT2D eigenvalue weighted by atomic mass is 10.0. The first-order chi connectivity index (χ1) is 18.6. The van der Waals surface area contributed by atoms with Crippen LogP contribution in [0.5, 0.6) is 0 Å². The number of aromatic nitrogens is 3. The summed E-state index contributed by atoms with van der Waals surface area (Å²) < 4.78 is 68.5. The topological polar surface area (TPSA) is 96.9 Å². The summed E-state index contributed by atoms with van der Waals surface area (Å²) in [5.41, 5.74) is 1.65. The van der Waals surface area contributed by atoms with Gasteiger partial charge in [0.05, 0.1) is 10.5 Å². The van der Waals surface area contributed by atoms with Crippen molar-refractivity contribution in [2.75, 3.05) is 5.32 Å². The van der Waals surface area contributed by atoms with Crippen molar-refractivity contribution >= 4 is 32.3 Å². The van der Waals surface area contributed by atoms with E-state index >= 15 is 0 Å². The molecule has 0 radical (unpaired) electrons. The van der Waals surface area contributed by atoms with Crippen LogP contribution >= 0.6 is 0 Å². The van der Waals surface area contributed by atoms with E-state index in [1.54, 1.807) is 67.8 Å². The number of aryl methyl sites for hydroxylation is 1. The number of anilines is 2. The van der Waals surface area contributed by atoms with Crippen LogP contribution in [0.15, 0.2) is 96.2 Å². The fourth-order valence-electron chi connectivity index (χ4n) is 4.12. The Morgan fingerprint density at radius 1 is 0.872 bits per heavy atom. The van der Waals surface area contributed by atoms with Gasteiger partial charge in [-0.15, -0.1) is 10.2 Å². The number of benzene rings is 3. The van der Waals surface area contributed by atoms with Gasteiger partial charge in [0.1, 0.15) is 5.69 Å². The maximum atomic E-state index is 13.2. The fourth-order valence-corrected chi connectivity index (χ4v) is 5.40. The van der Waals surface area contributed by atoms with Gasteiger partial charge in [0.2, 0.25) is 10.0 Å². The number of fused-ring (bicyclic) bond motifs is 1. The number of alkyl halides is 3. The minimum atomic E-state index is -4.48. The zero-order valence-electron chi connectivity index (χ0n) is 20.6. The van der Waals surface area contributed by atoms with Crippen molar-refractivity contribution in [2.24, 2.45) is 0 Å². The molecule has 7 nitrogen and oxygen atoms in total. The van der Waals surface area contributed by atoms with Gasteiger partial charge in [-0.1, -0.05) is 48.5 Å². The Hall–Kier alpha value is -4.35. The molecule has 0 saturated heterocycles. The molecule has 2 N–H and O–H groups in total. The van der Waals surface area contributed by atoms with Crippen LogP contribution in [-0.4, -0.2) is 23.6 Å². The molecule has 0 atom stereocenters. The average molecular weight is 550 g/mol. The molecule has 198 valence electrons. The Labute approximate surface area is 222 Å². The number of nitrogens with one attached hydrogen (secondary N) is 2. The van der Waals surface area contributed by atoms with E-state index in [1.165, 1.54) is 18.2 Å². The average Bonchev–Trinajstić information content (AvgIpc) is 2.93. The van der Waals surface area contributed by atoms with E-state index in [2.05, 4.69) is 25.2 Å². The van der Waals surface area contributed by atoms with Crippen LogP contribution in [0, 0.1) is 6.92 Å². The molecular weight excluding hydrogens is 527 g/mol. The van der Waals surface area contributed by atoms with E-state index in [0.29, 0.717) is 27.6 Å². The fraction of sp³-hybridized carbons (Fsp3) is 0.107. The summed E-state index contributed by atoms with van der Waals surface area (Å²) in [6, 6.07) is 20.4. The first-order valence-corrected chi connectivity index (χ1v) is 13.3. The molecule has 2 heterocycles. The number of sulfonamides is 1. The molecule has 0 unspecified atom stereocenters. The second-order valence-electron chi connectivity index (χ2n) is 8.81. The van der Waals surface area contributed by atoms with Crippen molar-refractivity contribution in [3.63, 3.8) is 0 Å². The molecule has 5 rings (SSSR count). The van der Waals surface area contributed by atoms with E-state index in [4.69, 9.17) is 0 Å². The molecule has 0 fully saturated rings. The third kappa shape index (κ3) is 5.74. The lowest BCUT2D eigenvalue weighted by molar-refractivity contribution is -0.137. The Morgan fingerprint density at radius 2 is 1.67 bits per heavy atom. The summed E-state index contributed by atoms with van der Waals surface area (Å²) in [6.45, 7) is 1.78. The Balaban J connectivity index is 1.50. The largest absolute Gasteiger partial charge is 0.416 e. The lowest BCUT2D eigenvalue weighted by Gasteiger charge is -2.14. The highest BCUT2D eigenvalue weighted by Crippen LogP contribution is 2.34. The normalized spacial score (nSPS) is 12.0. The molecule has 39 heavy (non-hydrogen) atoms. The number of hydrogen-bond donors (Lipinski definition) is 2. The molecule has 2 aromatic heterocycles. The number of pyridine rings is 1.